The van der Waals surface area contributed by atoms with E-state index >= 15 is 0 Å². The van der Waals surface area contributed by atoms with Crippen molar-refractivity contribution in [1.29, 1.82) is 0 Å². The quantitative estimate of drug-likeness (QED) is 0.817. The van der Waals surface area contributed by atoms with Gasteiger partial charge < -0.3 is 5.32 Å². The van der Waals surface area contributed by atoms with Gasteiger partial charge in [-0.1, -0.05) is 25.1 Å². The van der Waals surface area contributed by atoms with Crippen LogP contribution >= 0.6 is 0 Å². The largest absolute Gasteiger partial charge is 0.376 e. The van der Waals surface area contributed by atoms with E-state index in [0.29, 0.717) is 5.92 Å². The Bertz CT molecular complexity index is 442. The molecule has 1 fully saturated rings. The molecule has 0 radical (unpaired) electrons. The van der Waals surface area contributed by atoms with Crippen molar-refractivity contribution < 1.29 is 4.79 Å². The minimum Gasteiger partial charge on any atom is -0.376 e. The molecule has 1 saturated carbocycles. The first-order chi connectivity index (χ1) is 9.24. The predicted molar refractivity (Wildman–Crippen MR) is 78.1 cm³/mol. The van der Waals surface area contributed by atoms with Gasteiger partial charge in [0.2, 0.25) is 0 Å². The van der Waals surface area contributed by atoms with Crippen LogP contribution in [0.3, 0.4) is 0 Å². The number of rotatable bonds is 4. The summed E-state index contributed by atoms with van der Waals surface area (Å²) in [6, 6.07) is 9.68. The number of nitrogens with one attached hydrogen (secondary N) is 2. The first-order valence-electron chi connectivity index (χ1n) is 6.87. The molecule has 0 aromatic heterocycles. The van der Waals surface area contributed by atoms with E-state index in [4.69, 9.17) is 0 Å². The van der Waals surface area contributed by atoms with E-state index in [2.05, 4.69) is 22.8 Å². The summed E-state index contributed by atoms with van der Waals surface area (Å²) in [5, 5.41) is 7.28. The molecule has 0 saturated heterocycles. The average molecular weight is 259 g/mol. The van der Waals surface area contributed by atoms with Crippen LogP contribution in [-0.4, -0.2) is 18.2 Å². The molecule has 4 nitrogen and oxygen atoms in total. The van der Waals surface area contributed by atoms with Gasteiger partial charge in [0, 0.05) is 11.4 Å². The predicted octanol–water partition coefficient (Wildman–Crippen LogP) is 2.78. The highest BCUT2D eigenvalue weighted by atomic mass is 16.2. The third-order valence-electron chi connectivity index (χ3n) is 3.31. The van der Waals surface area contributed by atoms with Crippen molar-refractivity contribution in [3.8, 4) is 0 Å². The molecule has 1 aromatic carbocycles. The fourth-order valence-electron chi connectivity index (χ4n) is 2.28. The fourth-order valence-corrected chi connectivity index (χ4v) is 2.28. The summed E-state index contributed by atoms with van der Waals surface area (Å²) < 4.78 is 0. The van der Waals surface area contributed by atoms with Crippen molar-refractivity contribution in [2.45, 2.75) is 32.6 Å². The lowest BCUT2D eigenvalue weighted by Crippen LogP contribution is -2.27. The second-order valence-electron chi connectivity index (χ2n) is 5.13. The van der Waals surface area contributed by atoms with Gasteiger partial charge in [0.05, 0.1) is 6.54 Å². The van der Waals surface area contributed by atoms with Crippen LogP contribution in [0.4, 0.5) is 5.69 Å². The van der Waals surface area contributed by atoms with E-state index in [-0.39, 0.29) is 12.5 Å². The summed E-state index contributed by atoms with van der Waals surface area (Å²) >= 11 is 0. The lowest BCUT2D eigenvalue weighted by Gasteiger charge is -2.18. The number of hydrazone groups is 1. The minimum absolute atomic E-state index is 0.102. The Labute approximate surface area is 114 Å². The van der Waals surface area contributed by atoms with Gasteiger partial charge in [-0.2, -0.15) is 5.10 Å². The highest BCUT2D eigenvalue weighted by molar-refractivity contribution is 5.87. The Balaban J connectivity index is 1.74. The number of carbonyl (C=O) groups is 1. The number of anilines is 1. The van der Waals surface area contributed by atoms with Gasteiger partial charge in [-0.3, -0.25) is 4.79 Å². The molecule has 1 aliphatic carbocycles. The molecule has 0 spiro atoms. The molecule has 0 aliphatic heterocycles. The molecular formula is C15H21N3O. The third kappa shape index (κ3) is 4.73. The van der Waals surface area contributed by atoms with Gasteiger partial charge in [0.1, 0.15) is 0 Å². The zero-order chi connectivity index (χ0) is 13.5. The lowest BCUT2D eigenvalue weighted by molar-refractivity contribution is -0.119. The summed E-state index contributed by atoms with van der Waals surface area (Å²) in [5.74, 6) is 0.585. The molecular weight excluding hydrogens is 238 g/mol. The smallest absolute Gasteiger partial charge is 0.259 e. The molecule has 1 atom stereocenters. The van der Waals surface area contributed by atoms with Crippen molar-refractivity contribution in [3.05, 3.63) is 30.3 Å². The number of hydrogen-bond acceptors (Lipinski definition) is 3. The van der Waals surface area contributed by atoms with Crippen LogP contribution in [0.2, 0.25) is 0 Å². The van der Waals surface area contributed by atoms with Crippen molar-refractivity contribution in [1.82, 2.24) is 5.43 Å². The van der Waals surface area contributed by atoms with E-state index in [0.717, 1.165) is 24.2 Å². The highest BCUT2D eigenvalue weighted by Gasteiger charge is 2.14. The monoisotopic (exact) mass is 259 g/mol. The van der Waals surface area contributed by atoms with Gasteiger partial charge in [-0.05, 0) is 43.7 Å². The maximum atomic E-state index is 11.7. The van der Waals surface area contributed by atoms with Crippen LogP contribution in [0.1, 0.15) is 32.6 Å². The van der Waals surface area contributed by atoms with Crippen LogP contribution < -0.4 is 10.7 Å². The summed E-state index contributed by atoms with van der Waals surface area (Å²) in [4.78, 5) is 11.7. The van der Waals surface area contributed by atoms with Crippen LogP contribution in [0, 0.1) is 5.92 Å². The average Bonchev–Trinajstić information content (AvgIpc) is 2.44. The molecule has 102 valence electrons. The Morgan fingerprint density at radius 2 is 2.16 bits per heavy atom. The third-order valence-corrected chi connectivity index (χ3v) is 3.31. The first kappa shape index (κ1) is 13.6. The fraction of sp³-hybridized carbons (Fsp3) is 0.467. The van der Waals surface area contributed by atoms with E-state index < -0.39 is 0 Å². The van der Waals surface area contributed by atoms with E-state index in [1.54, 1.807) is 0 Å². The summed E-state index contributed by atoms with van der Waals surface area (Å²) in [5.41, 5.74) is 4.69. The van der Waals surface area contributed by atoms with Crippen molar-refractivity contribution >= 4 is 17.3 Å². The van der Waals surface area contributed by atoms with Gasteiger partial charge in [-0.15, -0.1) is 0 Å². The maximum absolute atomic E-state index is 11.7. The van der Waals surface area contributed by atoms with E-state index in [1.807, 2.05) is 30.3 Å². The second-order valence-corrected chi connectivity index (χ2v) is 5.13. The first-order valence-corrected chi connectivity index (χ1v) is 6.87. The van der Waals surface area contributed by atoms with Crippen LogP contribution in [0.5, 0.6) is 0 Å². The van der Waals surface area contributed by atoms with Crippen LogP contribution in [0.25, 0.3) is 0 Å². The molecule has 2 rings (SSSR count). The van der Waals surface area contributed by atoms with Crippen molar-refractivity contribution in [2.24, 2.45) is 11.0 Å². The van der Waals surface area contributed by atoms with Crippen LogP contribution in [0.15, 0.2) is 35.4 Å². The Morgan fingerprint density at radius 1 is 1.37 bits per heavy atom. The Hall–Kier alpha value is -1.84. The number of carbonyl (C=O) groups excluding carboxylic acids is 1. The zero-order valence-corrected chi connectivity index (χ0v) is 11.4. The molecule has 4 heteroatoms. The van der Waals surface area contributed by atoms with Gasteiger partial charge in [0.25, 0.3) is 5.91 Å². The second kappa shape index (κ2) is 6.92. The summed E-state index contributed by atoms with van der Waals surface area (Å²) in [6.45, 7) is 2.48. The number of amides is 1. The molecule has 0 heterocycles. The van der Waals surface area contributed by atoms with Gasteiger partial charge in [0.15, 0.2) is 0 Å². The zero-order valence-electron chi connectivity index (χ0n) is 11.4. The standard InChI is InChI=1S/C15H21N3O/c1-12-6-5-9-14(10-12)17-18-15(19)11-16-13-7-3-2-4-8-13/h2-4,7-8,12,16H,5-6,9-11H2,1H3,(H,18,19)/b17-14-/t12-/m1/s1. The summed E-state index contributed by atoms with van der Waals surface area (Å²) in [7, 11) is 0. The van der Waals surface area contributed by atoms with E-state index in [1.165, 1.54) is 12.8 Å². The highest BCUT2D eigenvalue weighted by Crippen LogP contribution is 2.20. The normalized spacial score (nSPS) is 21.1. The topological polar surface area (TPSA) is 53.5 Å². The molecule has 1 aliphatic rings. The van der Waals surface area contributed by atoms with Gasteiger partial charge >= 0.3 is 0 Å². The number of benzene rings is 1. The van der Waals surface area contributed by atoms with Crippen molar-refractivity contribution in [2.75, 3.05) is 11.9 Å². The van der Waals surface area contributed by atoms with Crippen LogP contribution in [-0.2, 0) is 4.79 Å². The Morgan fingerprint density at radius 3 is 2.89 bits per heavy atom. The van der Waals surface area contributed by atoms with Crippen molar-refractivity contribution in [3.63, 3.8) is 0 Å². The SMILES string of the molecule is C[C@@H]1CCC/C(=N/NC(=O)CNc2ccccc2)C1. The summed E-state index contributed by atoms with van der Waals surface area (Å²) in [6.07, 6.45) is 4.46. The molecule has 2 N–H and O–H groups in total. The molecule has 1 aromatic rings. The maximum Gasteiger partial charge on any atom is 0.259 e. The molecule has 0 bridgehead atoms. The molecule has 0 unspecified atom stereocenters. The number of hydrogen-bond donors (Lipinski definition) is 2. The number of nitrogens with zero attached hydrogens (tertiary/aromatic N) is 1. The van der Waals surface area contributed by atoms with E-state index in [9.17, 15) is 4.79 Å². The molecule has 19 heavy (non-hydrogen) atoms. The minimum atomic E-state index is -0.102. The lowest BCUT2D eigenvalue weighted by atomic mass is 9.89. The molecule has 1 amide bonds. The van der Waals surface area contributed by atoms with Gasteiger partial charge in [-0.25, -0.2) is 5.43 Å². The number of para-hydroxylation sites is 1. The Kier molecular flexibility index (Phi) is 4.95.